The number of rotatable bonds is 3. The largest absolute Gasteiger partial charge is 0.369 e. The van der Waals surface area contributed by atoms with E-state index < -0.39 is 10.0 Å². The molecule has 3 rings (SSSR count). The predicted octanol–water partition coefficient (Wildman–Crippen LogP) is 3.16. The van der Waals surface area contributed by atoms with Crippen LogP contribution in [-0.2, 0) is 10.0 Å². The molecule has 0 spiro atoms. The number of para-hydroxylation sites is 1. The summed E-state index contributed by atoms with van der Waals surface area (Å²) in [6.45, 7) is 4.16. The second kappa shape index (κ2) is 6.51. The summed E-state index contributed by atoms with van der Waals surface area (Å²) in [4.78, 5) is 2.52. The first-order chi connectivity index (χ1) is 11.0. The molecule has 0 aliphatic carbocycles. The number of piperazine rings is 1. The Balaban J connectivity index is 1.75. The van der Waals surface area contributed by atoms with Crippen LogP contribution in [0.3, 0.4) is 0 Å². The van der Waals surface area contributed by atoms with Gasteiger partial charge in [0.25, 0.3) is 0 Å². The van der Waals surface area contributed by atoms with E-state index in [1.54, 1.807) is 22.5 Å². The molecule has 2 aromatic carbocycles. The molecular weight excluding hydrogens is 332 g/mol. The zero-order chi connectivity index (χ0) is 16.4. The normalized spacial score (nSPS) is 16.5. The molecule has 122 valence electrons. The maximum absolute atomic E-state index is 12.8. The van der Waals surface area contributed by atoms with Gasteiger partial charge in [0.2, 0.25) is 10.0 Å². The average molecular weight is 351 g/mol. The minimum atomic E-state index is -3.46. The molecule has 1 aliphatic heterocycles. The van der Waals surface area contributed by atoms with Crippen molar-refractivity contribution in [3.05, 3.63) is 59.1 Å². The van der Waals surface area contributed by atoms with E-state index in [4.69, 9.17) is 11.6 Å². The van der Waals surface area contributed by atoms with E-state index in [1.807, 2.05) is 37.3 Å². The van der Waals surface area contributed by atoms with Crippen molar-refractivity contribution in [1.29, 1.82) is 0 Å². The number of sulfonamides is 1. The fourth-order valence-corrected chi connectivity index (χ4v) is 4.38. The molecule has 0 aromatic heterocycles. The summed E-state index contributed by atoms with van der Waals surface area (Å²) in [5.74, 6) is 0. The quantitative estimate of drug-likeness (QED) is 0.853. The fraction of sp³-hybridized carbons (Fsp3) is 0.294. The van der Waals surface area contributed by atoms with Crippen LogP contribution in [0.25, 0.3) is 0 Å². The van der Waals surface area contributed by atoms with Crippen LogP contribution in [0, 0.1) is 6.92 Å². The van der Waals surface area contributed by atoms with Gasteiger partial charge in [-0.15, -0.1) is 0 Å². The van der Waals surface area contributed by atoms with E-state index in [-0.39, 0.29) is 0 Å². The van der Waals surface area contributed by atoms with Crippen molar-refractivity contribution in [1.82, 2.24) is 4.31 Å². The summed E-state index contributed by atoms with van der Waals surface area (Å²) in [5.41, 5.74) is 1.91. The first-order valence-electron chi connectivity index (χ1n) is 7.55. The number of hydrogen-bond acceptors (Lipinski definition) is 3. The molecule has 1 aliphatic rings. The van der Waals surface area contributed by atoms with Crippen LogP contribution >= 0.6 is 11.6 Å². The molecule has 0 radical (unpaired) electrons. The smallest absolute Gasteiger partial charge is 0.243 e. The Morgan fingerprint density at radius 3 is 2.22 bits per heavy atom. The molecule has 0 saturated carbocycles. The number of hydrogen-bond donors (Lipinski definition) is 0. The summed E-state index contributed by atoms with van der Waals surface area (Å²) >= 11 is 5.99. The standard InChI is InChI=1S/C17H19ClN2O2S/c1-14-13-16(7-8-17(14)18)23(21,22)20-11-9-19(10-12-20)15-5-3-2-4-6-15/h2-8,13H,9-12H2,1H3. The third-order valence-electron chi connectivity index (χ3n) is 4.13. The van der Waals surface area contributed by atoms with Gasteiger partial charge in [0, 0.05) is 36.9 Å². The van der Waals surface area contributed by atoms with Crippen molar-refractivity contribution in [3.8, 4) is 0 Å². The lowest BCUT2D eigenvalue weighted by molar-refractivity contribution is 0.385. The molecule has 0 atom stereocenters. The lowest BCUT2D eigenvalue weighted by Gasteiger charge is -2.35. The molecule has 2 aromatic rings. The molecule has 4 nitrogen and oxygen atoms in total. The molecule has 1 fully saturated rings. The zero-order valence-corrected chi connectivity index (χ0v) is 14.5. The number of benzene rings is 2. The Bertz CT molecular complexity index is 785. The Hall–Kier alpha value is -1.56. The van der Waals surface area contributed by atoms with Crippen molar-refractivity contribution in [2.45, 2.75) is 11.8 Å². The molecule has 1 saturated heterocycles. The van der Waals surface area contributed by atoms with E-state index in [0.29, 0.717) is 36.1 Å². The van der Waals surface area contributed by atoms with Gasteiger partial charge in [0.05, 0.1) is 4.90 Å². The van der Waals surface area contributed by atoms with Crippen LogP contribution in [0.5, 0.6) is 0 Å². The maximum atomic E-state index is 12.8. The van der Waals surface area contributed by atoms with Gasteiger partial charge in [0.15, 0.2) is 0 Å². The third kappa shape index (κ3) is 3.37. The van der Waals surface area contributed by atoms with Crippen molar-refractivity contribution >= 4 is 27.3 Å². The number of anilines is 1. The SMILES string of the molecule is Cc1cc(S(=O)(=O)N2CCN(c3ccccc3)CC2)ccc1Cl. The lowest BCUT2D eigenvalue weighted by Crippen LogP contribution is -2.48. The van der Waals surface area contributed by atoms with Gasteiger partial charge < -0.3 is 4.90 Å². The highest BCUT2D eigenvalue weighted by atomic mass is 35.5. The van der Waals surface area contributed by atoms with E-state index in [2.05, 4.69) is 4.90 Å². The summed E-state index contributed by atoms with van der Waals surface area (Å²) < 4.78 is 27.1. The first-order valence-corrected chi connectivity index (χ1v) is 9.36. The molecule has 6 heteroatoms. The van der Waals surface area contributed by atoms with Crippen molar-refractivity contribution in [3.63, 3.8) is 0 Å². The molecule has 23 heavy (non-hydrogen) atoms. The topological polar surface area (TPSA) is 40.6 Å². The van der Waals surface area contributed by atoms with Gasteiger partial charge in [0.1, 0.15) is 0 Å². The third-order valence-corrected chi connectivity index (χ3v) is 6.45. The van der Waals surface area contributed by atoms with Crippen molar-refractivity contribution in [2.24, 2.45) is 0 Å². The summed E-state index contributed by atoms with van der Waals surface area (Å²) in [6, 6.07) is 14.9. The fourth-order valence-electron chi connectivity index (χ4n) is 2.75. The maximum Gasteiger partial charge on any atom is 0.243 e. The van der Waals surface area contributed by atoms with Crippen molar-refractivity contribution < 1.29 is 8.42 Å². The van der Waals surface area contributed by atoms with E-state index in [9.17, 15) is 8.42 Å². The van der Waals surface area contributed by atoms with E-state index in [1.165, 1.54) is 0 Å². The Labute approximate surface area is 142 Å². The van der Waals surface area contributed by atoms with E-state index >= 15 is 0 Å². The van der Waals surface area contributed by atoms with Crippen LogP contribution in [0.2, 0.25) is 5.02 Å². The molecule has 0 amide bonds. The van der Waals surface area contributed by atoms with E-state index in [0.717, 1.165) is 11.3 Å². The highest BCUT2D eigenvalue weighted by molar-refractivity contribution is 7.89. The van der Waals surface area contributed by atoms with Crippen LogP contribution in [0.15, 0.2) is 53.4 Å². The van der Waals surface area contributed by atoms with Gasteiger partial charge in [-0.05, 0) is 42.8 Å². The summed E-state index contributed by atoms with van der Waals surface area (Å²) in [7, 11) is -3.46. The second-order valence-corrected chi connectivity index (χ2v) is 7.98. The van der Waals surface area contributed by atoms with Crippen LogP contribution in [-0.4, -0.2) is 38.9 Å². The van der Waals surface area contributed by atoms with Gasteiger partial charge in [-0.2, -0.15) is 4.31 Å². The average Bonchev–Trinajstić information content (AvgIpc) is 2.58. The van der Waals surface area contributed by atoms with Crippen LogP contribution in [0.4, 0.5) is 5.69 Å². The highest BCUT2D eigenvalue weighted by Crippen LogP contribution is 2.24. The predicted molar refractivity (Wildman–Crippen MR) is 93.6 cm³/mol. The summed E-state index contributed by atoms with van der Waals surface area (Å²) in [5, 5.41) is 0.581. The van der Waals surface area contributed by atoms with Crippen LogP contribution < -0.4 is 4.90 Å². The van der Waals surface area contributed by atoms with Crippen molar-refractivity contribution in [2.75, 3.05) is 31.1 Å². The van der Waals surface area contributed by atoms with Gasteiger partial charge in [-0.3, -0.25) is 0 Å². The van der Waals surface area contributed by atoms with Gasteiger partial charge in [-0.25, -0.2) is 8.42 Å². The Morgan fingerprint density at radius 2 is 1.61 bits per heavy atom. The monoisotopic (exact) mass is 350 g/mol. The van der Waals surface area contributed by atoms with Crippen LogP contribution in [0.1, 0.15) is 5.56 Å². The molecule has 0 unspecified atom stereocenters. The first kappa shape index (κ1) is 16.3. The molecule has 0 N–H and O–H groups in total. The van der Waals surface area contributed by atoms with Gasteiger partial charge in [-0.1, -0.05) is 29.8 Å². The lowest BCUT2D eigenvalue weighted by atomic mass is 10.2. The number of halogens is 1. The van der Waals surface area contributed by atoms with Gasteiger partial charge >= 0.3 is 0 Å². The zero-order valence-electron chi connectivity index (χ0n) is 12.9. The Morgan fingerprint density at radius 1 is 0.957 bits per heavy atom. The second-order valence-electron chi connectivity index (χ2n) is 5.64. The molecule has 1 heterocycles. The number of nitrogens with zero attached hydrogens (tertiary/aromatic N) is 2. The summed E-state index contributed by atoms with van der Waals surface area (Å²) in [6.07, 6.45) is 0. The minimum absolute atomic E-state index is 0.313. The number of aryl methyl sites for hydroxylation is 1. The minimum Gasteiger partial charge on any atom is -0.369 e. The molecule has 0 bridgehead atoms. The molecular formula is C17H19ClN2O2S. The highest BCUT2D eigenvalue weighted by Gasteiger charge is 2.28. The Kier molecular flexibility index (Phi) is 4.62.